The lowest BCUT2D eigenvalue weighted by molar-refractivity contribution is 1.24. The van der Waals surface area contributed by atoms with Crippen LogP contribution in [0.4, 0.5) is 5.95 Å². The van der Waals surface area contributed by atoms with Crippen LogP contribution < -0.4 is 5.73 Å². The molecule has 0 amide bonds. The number of nitrogen functional groups attached to an aromatic ring is 1. The Morgan fingerprint density at radius 3 is 2.80 bits per heavy atom. The second-order valence-electron chi connectivity index (χ2n) is 3.33. The number of nitrogens with two attached hydrogens (primary N) is 1. The van der Waals surface area contributed by atoms with E-state index in [1.807, 2.05) is 18.2 Å². The standard InChI is InChI=1S/C11H8N4/c12-11-14-5-8-2-1-7-3-4-13-6-9(7)10(8)15-11/h1-6H,(H2,12,14,15). The molecule has 3 rings (SSSR count). The first kappa shape index (κ1) is 8.11. The average Bonchev–Trinajstić information content (AvgIpc) is 2.29. The summed E-state index contributed by atoms with van der Waals surface area (Å²) in [7, 11) is 0. The fourth-order valence-electron chi connectivity index (χ4n) is 1.67. The number of nitrogens with zero attached hydrogens (tertiary/aromatic N) is 3. The Bertz CT molecular complexity index is 648. The molecule has 0 saturated carbocycles. The minimum atomic E-state index is 0.291. The number of anilines is 1. The van der Waals surface area contributed by atoms with Gasteiger partial charge in [-0.15, -0.1) is 0 Å². The molecule has 0 aliphatic rings. The fourth-order valence-corrected chi connectivity index (χ4v) is 1.67. The summed E-state index contributed by atoms with van der Waals surface area (Å²) in [4.78, 5) is 12.3. The van der Waals surface area contributed by atoms with Crippen LogP contribution in [0, 0.1) is 0 Å². The molecule has 0 saturated heterocycles. The van der Waals surface area contributed by atoms with Crippen molar-refractivity contribution in [3.05, 3.63) is 36.8 Å². The molecule has 0 spiro atoms. The molecule has 4 heteroatoms. The molecule has 0 aliphatic heterocycles. The third kappa shape index (κ3) is 1.19. The van der Waals surface area contributed by atoms with Gasteiger partial charge in [-0.1, -0.05) is 12.1 Å². The molecule has 1 aromatic carbocycles. The summed E-state index contributed by atoms with van der Waals surface area (Å²) in [6.07, 6.45) is 5.28. The van der Waals surface area contributed by atoms with E-state index in [1.54, 1.807) is 18.6 Å². The molecule has 0 bridgehead atoms. The lowest BCUT2D eigenvalue weighted by Crippen LogP contribution is -1.94. The van der Waals surface area contributed by atoms with Gasteiger partial charge in [0, 0.05) is 29.4 Å². The van der Waals surface area contributed by atoms with Crippen LogP contribution in [0.5, 0.6) is 0 Å². The van der Waals surface area contributed by atoms with Crippen molar-refractivity contribution >= 4 is 27.6 Å². The van der Waals surface area contributed by atoms with Crippen LogP contribution >= 0.6 is 0 Å². The fraction of sp³-hybridized carbons (Fsp3) is 0. The maximum atomic E-state index is 5.57. The van der Waals surface area contributed by atoms with E-state index in [0.717, 1.165) is 21.7 Å². The number of aromatic nitrogens is 3. The van der Waals surface area contributed by atoms with E-state index in [0.29, 0.717) is 5.95 Å². The van der Waals surface area contributed by atoms with Gasteiger partial charge in [-0.05, 0) is 11.5 Å². The summed E-state index contributed by atoms with van der Waals surface area (Å²) in [5.41, 5.74) is 6.43. The van der Waals surface area contributed by atoms with E-state index >= 15 is 0 Å². The van der Waals surface area contributed by atoms with E-state index < -0.39 is 0 Å². The van der Waals surface area contributed by atoms with E-state index in [2.05, 4.69) is 15.0 Å². The van der Waals surface area contributed by atoms with Crippen molar-refractivity contribution in [2.24, 2.45) is 0 Å². The van der Waals surface area contributed by atoms with Crippen LogP contribution in [0.2, 0.25) is 0 Å². The van der Waals surface area contributed by atoms with Crippen LogP contribution in [-0.4, -0.2) is 15.0 Å². The Morgan fingerprint density at radius 2 is 1.87 bits per heavy atom. The number of hydrogen-bond acceptors (Lipinski definition) is 4. The maximum Gasteiger partial charge on any atom is 0.220 e. The summed E-state index contributed by atoms with van der Waals surface area (Å²) >= 11 is 0. The summed E-state index contributed by atoms with van der Waals surface area (Å²) in [6, 6.07) is 5.96. The zero-order valence-corrected chi connectivity index (χ0v) is 7.88. The molecule has 2 N–H and O–H groups in total. The molecule has 0 fully saturated rings. The molecule has 72 valence electrons. The molecule has 0 aliphatic carbocycles. The van der Waals surface area contributed by atoms with Gasteiger partial charge in [0.05, 0.1) is 5.52 Å². The van der Waals surface area contributed by atoms with Crippen molar-refractivity contribution in [3.63, 3.8) is 0 Å². The molecule has 3 aromatic rings. The summed E-state index contributed by atoms with van der Waals surface area (Å²) in [5.74, 6) is 0.291. The largest absolute Gasteiger partial charge is 0.368 e. The number of benzene rings is 1. The lowest BCUT2D eigenvalue weighted by Gasteiger charge is -2.02. The van der Waals surface area contributed by atoms with Gasteiger partial charge in [-0.2, -0.15) is 0 Å². The van der Waals surface area contributed by atoms with Crippen molar-refractivity contribution < 1.29 is 0 Å². The number of pyridine rings is 1. The Hall–Kier alpha value is -2.23. The second-order valence-corrected chi connectivity index (χ2v) is 3.33. The Kier molecular flexibility index (Phi) is 1.56. The molecule has 15 heavy (non-hydrogen) atoms. The minimum absolute atomic E-state index is 0.291. The van der Waals surface area contributed by atoms with Gasteiger partial charge in [0.25, 0.3) is 0 Å². The lowest BCUT2D eigenvalue weighted by atomic mass is 10.1. The van der Waals surface area contributed by atoms with Gasteiger partial charge in [0.2, 0.25) is 5.95 Å². The molecule has 2 heterocycles. The number of fused-ring (bicyclic) bond motifs is 3. The molecular weight excluding hydrogens is 188 g/mol. The highest BCUT2D eigenvalue weighted by molar-refractivity contribution is 6.04. The van der Waals surface area contributed by atoms with E-state index in [9.17, 15) is 0 Å². The highest BCUT2D eigenvalue weighted by Crippen LogP contribution is 2.22. The summed E-state index contributed by atoms with van der Waals surface area (Å²) in [6.45, 7) is 0. The van der Waals surface area contributed by atoms with Gasteiger partial charge in [-0.25, -0.2) is 9.97 Å². The van der Waals surface area contributed by atoms with Gasteiger partial charge >= 0.3 is 0 Å². The topological polar surface area (TPSA) is 64.7 Å². The molecule has 0 atom stereocenters. The van der Waals surface area contributed by atoms with Crippen molar-refractivity contribution in [1.29, 1.82) is 0 Å². The van der Waals surface area contributed by atoms with E-state index in [1.165, 1.54) is 0 Å². The Balaban J connectivity index is 2.57. The first-order chi connectivity index (χ1) is 7.34. The third-order valence-corrected chi connectivity index (χ3v) is 2.39. The summed E-state index contributed by atoms with van der Waals surface area (Å²) in [5, 5.41) is 3.09. The minimum Gasteiger partial charge on any atom is -0.368 e. The van der Waals surface area contributed by atoms with Crippen molar-refractivity contribution in [2.75, 3.05) is 5.73 Å². The molecular formula is C11H8N4. The Labute approximate surface area is 85.8 Å². The predicted molar refractivity (Wildman–Crippen MR) is 59.3 cm³/mol. The highest BCUT2D eigenvalue weighted by Gasteiger charge is 2.02. The average molecular weight is 196 g/mol. The van der Waals surface area contributed by atoms with Crippen molar-refractivity contribution in [1.82, 2.24) is 15.0 Å². The number of rotatable bonds is 0. The molecule has 0 unspecified atom stereocenters. The molecule has 4 nitrogen and oxygen atoms in total. The van der Waals surface area contributed by atoms with Gasteiger partial charge in [0.1, 0.15) is 0 Å². The molecule has 0 radical (unpaired) electrons. The molecule has 2 aromatic heterocycles. The second kappa shape index (κ2) is 2.88. The highest BCUT2D eigenvalue weighted by atomic mass is 15.0. The van der Waals surface area contributed by atoms with Crippen LogP contribution in [0.15, 0.2) is 36.8 Å². The third-order valence-electron chi connectivity index (χ3n) is 2.39. The van der Waals surface area contributed by atoms with Crippen LogP contribution in [0.3, 0.4) is 0 Å². The van der Waals surface area contributed by atoms with Crippen molar-refractivity contribution in [3.8, 4) is 0 Å². The normalized spacial score (nSPS) is 10.9. The number of hydrogen-bond donors (Lipinski definition) is 1. The Morgan fingerprint density at radius 1 is 1.00 bits per heavy atom. The van der Waals surface area contributed by atoms with Gasteiger partial charge < -0.3 is 5.73 Å². The van der Waals surface area contributed by atoms with Crippen LogP contribution in [-0.2, 0) is 0 Å². The first-order valence-electron chi connectivity index (χ1n) is 4.59. The SMILES string of the molecule is Nc1ncc2ccc3ccncc3c2n1. The van der Waals surface area contributed by atoms with Crippen LogP contribution in [0.1, 0.15) is 0 Å². The quantitative estimate of drug-likeness (QED) is 0.556. The first-order valence-corrected chi connectivity index (χ1v) is 4.59. The van der Waals surface area contributed by atoms with Crippen LogP contribution in [0.25, 0.3) is 21.7 Å². The smallest absolute Gasteiger partial charge is 0.220 e. The monoisotopic (exact) mass is 196 g/mol. The van der Waals surface area contributed by atoms with E-state index in [4.69, 9.17) is 5.73 Å². The zero-order chi connectivity index (χ0) is 10.3. The van der Waals surface area contributed by atoms with E-state index in [-0.39, 0.29) is 0 Å². The van der Waals surface area contributed by atoms with Gasteiger partial charge in [-0.3, -0.25) is 4.98 Å². The van der Waals surface area contributed by atoms with Crippen molar-refractivity contribution in [2.45, 2.75) is 0 Å². The zero-order valence-electron chi connectivity index (χ0n) is 7.88. The summed E-state index contributed by atoms with van der Waals surface area (Å²) < 4.78 is 0. The van der Waals surface area contributed by atoms with Gasteiger partial charge in [0.15, 0.2) is 0 Å². The maximum absolute atomic E-state index is 5.57. The predicted octanol–water partition coefficient (Wildman–Crippen LogP) is 1.76.